The first kappa shape index (κ1) is 31.2. The molecule has 0 radical (unpaired) electrons. The number of amides is 2. The fraction of sp³-hybridized carbons (Fsp3) is 0.619. The molecular formula is C21H27F7N2O6. The van der Waals surface area contributed by atoms with E-state index in [9.17, 15) is 40.3 Å². The first-order chi connectivity index (χ1) is 16.7. The lowest BCUT2D eigenvalue weighted by molar-refractivity contribution is -0.423. The van der Waals surface area contributed by atoms with Gasteiger partial charge in [0, 0.05) is 26.1 Å². The van der Waals surface area contributed by atoms with Crippen molar-refractivity contribution in [3.8, 4) is 5.75 Å². The van der Waals surface area contributed by atoms with E-state index >= 15 is 0 Å². The number of carboxylic acids is 1. The Labute approximate surface area is 202 Å². The molecule has 0 aliphatic carbocycles. The minimum Gasteiger partial charge on any atom is -0.492 e. The molecule has 8 nitrogen and oxygen atoms in total. The topological polar surface area (TPSA) is 97.3 Å². The highest BCUT2D eigenvalue weighted by atomic mass is 19.4. The Morgan fingerprint density at radius 3 is 2.08 bits per heavy atom. The number of benzene rings is 1. The molecule has 0 spiro atoms. The molecule has 0 aliphatic heterocycles. The molecule has 0 aromatic heterocycles. The highest BCUT2D eigenvalue weighted by Crippen LogP contribution is 2.46. The van der Waals surface area contributed by atoms with Gasteiger partial charge in [0.2, 0.25) is 0 Å². The third-order valence-electron chi connectivity index (χ3n) is 4.60. The molecule has 206 valence electrons. The molecule has 1 aromatic carbocycles. The van der Waals surface area contributed by atoms with Crippen LogP contribution in [0.25, 0.3) is 0 Å². The van der Waals surface area contributed by atoms with Crippen molar-refractivity contribution in [3.05, 3.63) is 29.8 Å². The predicted molar refractivity (Wildman–Crippen MR) is 111 cm³/mol. The zero-order valence-corrected chi connectivity index (χ0v) is 19.4. The number of rotatable bonds is 15. The highest BCUT2D eigenvalue weighted by Gasteiger charge is 2.74. The largest absolute Gasteiger partial charge is 0.492 e. The summed E-state index contributed by atoms with van der Waals surface area (Å²) in [7, 11) is 0. The molecule has 0 bridgehead atoms. The molecule has 0 aliphatic rings. The van der Waals surface area contributed by atoms with E-state index in [0.29, 0.717) is 11.3 Å². The number of nitrogens with one attached hydrogen (secondary N) is 1. The van der Waals surface area contributed by atoms with Crippen LogP contribution in [0.1, 0.15) is 19.4 Å². The number of nitrogens with zero attached hydrogens (tertiary/aromatic N) is 1. The molecule has 0 saturated carbocycles. The zero-order chi connectivity index (χ0) is 27.6. The summed E-state index contributed by atoms with van der Waals surface area (Å²) in [6.07, 6.45) is -13.3. The van der Waals surface area contributed by atoms with Crippen LogP contribution in [-0.2, 0) is 20.7 Å². The number of aliphatic carboxylic acids is 1. The van der Waals surface area contributed by atoms with E-state index in [-0.39, 0.29) is 32.7 Å². The fourth-order valence-electron chi connectivity index (χ4n) is 2.75. The summed E-state index contributed by atoms with van der Waals surface area (Å²) in [6.45, 7) is 1.07. The van der Waals surface area contributed by atoms with Gasteiger partial charge in [-0.3, -0.25) is 0 Å². The van der Waals surface area contributed by atoms with E-state index in [4.69, 9.17) is 14.6 Å². The molecule has 0 saturated heterocycles. The first-order valence-electron chi connectivity index (χ1n) is 10.7. The Morgan fingerprint density at radius 1 is 1.00 bits per heavy atom. The van der Waals surface area contributed by atoms with Crippen molar-refractivity contribution >= 4 is 12.0 Å². The summed E-state index contributed by atoms with van der Waals surface area (Å²) in [5.74, 6) is -7.23. The van der Waals surface area contributed by atoms with Crippen LogP contribution in [0.5, 0.6) is 5.75 Å². The zero-order valence-electron chi connectivity index (χ0n) is 19.4. The second-order valence-electron chi connectivity index (χ2n) is 7.24. The summed E-state index contributed by atoms with van der Waals surface area (Å²) >= 11 is 0. The van der Waals surface area contributed by atoms with E-state index < -0.39 is 49.5 Å². The van der Waals surface area contributed by atoms with Crippen LogP contribution in [0.4, 0.5) is 35.5 Å². The van der Waals surface area contributed by atoms with Gasteiger partial charge in [-0.15, -0.1) is 0 Å². The summed E-state index contributed by atoms with van der Waals surface area (Å²) in [5, 5.41) is 11.5. The van der Waals surface area contributed by atoms with Crippen molar-refractivity contribution in [2.75, 3.05) is 39.5 Å². The van der Waals surface area contributed by atoms with Crippen LogP contribution in [0.15, 0.2) is 24.3 Å². The number of carboxylic acid groups (broad SMARTS) is 1. The van der Waals surface area contributed by atoms with Gasteiger partial charge in [0.05, 0.1) is 13.2 Å². The van der Waals surface area contributed by atoms with Crippen LogP contribution in [0.2, 0.25) is 0 Å². The molecule has 2 N–H and O–H groups in total. The predicted octanol–water partition coefficient (Wildman–Crippen LogP) is 3.94. The summed E-state index contributed by atoms with van der Waals surface area (Å²) in [6, 6.07) is 5.39. The molecule has 0 heterocycles. The molecule has 1 rings (SSSR count). The summed E-state index contributed by atoms with van der Waals surface area (Å²) in [5.41, 5.74) is 0.640. The molecule has 0 fully saturated rings. The maximum atomic E-state index is 13.3. The average Bonchev–Trinajstić information content (AvgIpc) is 2.78. The SMILES string of the molecule is CCNC(=O)N(CCOc1ccc(CC(OCC)C(=O)O)cc1)CCOC(F)(F)C(F)(F)C(F)(F)F. The summed E-state index contributed by atoms with van der Waals surface area (Å²) < 4.78 is 103. The average molecular weight is 536 g/mol. The second kappa shape index (κ2) is 13.5. The quantitative estimate of drug-likeness (QED) is 0.330. The van der Waals surface area contributed by atoms with Crippen molar-refractivity contribution in [2.24, 2.45) is 0 Å². The van der Waals surface area contributed by atoms with Crippen molar-refractivity contribution < 1.29 is 59.6 Å². The van der Waals surface area contributed by atoms with Crippen LogP contribution in [0, 0.1) is 0 Å². The lowest BCUT2D eigenvalue weighted by Crippen LogP contribution is -2.54. The van der Waals surface area contributed by atoms with Crippen LogP contribution in [-0.4, -0.2) is 85.8 Å². The number of alkyl halides is 7. The number of hydrogen-bond acceptors (Lipinski definition) is 5. The van der Waals surface area contributed by atoms with Gasteiger partial charge in [-0.1, -0.05) is 12.1 Å². The van der Waals surface area contributed by atoms with Gasteiger partial charge >= 0.3 is 30.2 Å². The van der Waals surface area contributed by atoms with Gasteiger partial charge in [0.1, 0.15) is 12.4 Å². The number of carbonyl (C=O) groups excluding carboxylic acids is 1. The maximum absolute atomic E-state index is 13.3. The number of ether oxygens (including phenoxy) is 3. The van der Waals surface area contributed by atoms with Gasteiger partial charge in [0.25, 0.3) is 0 Å². The van der Waals surface area contributed by atoms with Crippen LogP contribution in [0.3, 0.4) is 0 Å². The van der Waals surface area contributed by atoms with Gasteiger partial charge in [-0.05, 0) is 31.5 Å². The van der Waals surface area contributed by atoms with Gasteiger partial charge in [-0.2, -0.15) is 30.7 Å². The number of carbonyl (C=O) groups is 2. The lowest BCUT2D eigenvalue weighted by atomic mass is 10.1. The number of halogens is 7. The van der Waals surface area contributed by atoms with Crippen LogP contribution >= 0.6 is 0 Å². The smallest absolute Gasteiger partial charge is 0.462 e. The van der Waals surface area contributed by atoms with Gasteiger partial charge in [-0.25, -0.2) is 9.59 Å². The molecular weight excluding hydrogens is 509 g/mol. The Hall–Kier alpha value is -2.81. The lowest BCUT2D eigenvalue weighted by Gasteiger charge is -2.29. The molecule has 1 atom stereocenters. The van der Waals surface area contributed by atoms with Gasteiger partial charge < -0.3 is 29.5 Å². The van der Waals surface area contributed by atoms with E-state index in [1.807, 2.05) is 0 Å². The Kier molecular flexibility index (Phi) is 11.7. The first-order valence-corrected chi connectivity index (χ1v) is 10.7. The third-order valence-corrected chi connectivity index (χ3v) is 4.60. The van der Waals surface area contributed by atoms with E-state index in [1.54, 1.807) is 26.0 Å². The third kappa shape index (κ3) is 9.00. The molecule has 1 unspecified atom stereocenters. The molecule has 36 heavy (non-hydrogen) atoms. The van der Waals surface area contributed by atoms with Crippen molar-refractivity contribution in [3.63, 3.8) is 0 Å². The Morgan fingerprint density at radius 2 is 1.58 bits per heavy atom. The van der Waals surface area contributed by atoms with Crippen molar-refractivity contribution in [1.29, 1.82) is 0 Å². The monoisotopic (exact) mass is 536 g/mol. The highest BCUT2D eigenvalue weighted by molar-refractivity contribution is 5.74. The molecule has 2 amide bonds. The minimum atomic E-state index is -6.53. The second-order valence-corrected chi connectivity index (χ2v) is 7.24. The van der Waals surface area contributed by atoms with E-state index in [0.717, 1.165) is 4.90 Å². The fourth-order valence-corrected chi connectivity index (χ4v) is 2.75. The van der Waals surface area contributed by atoms with Crippen molar-refractivity contribution in [2.45, 2.75) is 44.6 Å². The molecule has 1 aromatic rings. The standard InChI is InChI=1S/C21H27F7N2O6/c1-3-29-18(33)30(10-12-36-21(27,28)19(22,23)20(24,25)26)9-11-35-15-7-5-14(6-8-15)13-16(17(31)32)34-4-2/h5-8,16H,3-4,9-13H2,1-2H3,(H,29,33)(H,31,32). The number of hydrogen-bond donors (Lipinski definition) is 2. The normalized spacial score (nSPS) is 13.2. The van der Waals surface area contributed by atoms with E-state index in [2.05, 4.69) is 10.1 Å². The Bertz CT molecular complexity index is 837. The molecule has 15 heteroatoms. The van der Waals surface area contributed by atoms with E-state index in [1.165, 1.54) is 12.1 Å². The Balaban J connectivity index is 2.68. The maximum Gasteiger partial charge on any atom is 0.462 e. The van der Waals surface area contributed by atoms with Gasteiger partial charge in [0.15, 0.2) is 6.10 Å². The summed E-state index contributed by atoms with van der Waals surface area (Å²) in [4.78, 5) is 24.1. The number of urea groups is 1. The van der Waals surface area contributed by atoms with Crippen LogP contribution < -0.4 is 10.1 Å². The van der Waals surface area contributed by atoms with Crippen molar-refractivity contribution in [1.82, 2.24) is 10.2 Å². The minimum absolute atomic E-state index is 0.104.